The molecule has 3 rings (SSSR count). The zero-order valence-electron chi connectivity index (χ0n) is 12.9. The quantitative estimate of drug-likeness (QED) is 0.843. The topological polar surface area (TPSA) is 49.3 Å². The van der Waals surface area contributed by atoms with Gasteiger partial charge in [0.15, 0.2) is 0 Å². The van der Waals surface area contributed by atoms with Crippen LogP contribution in [0, 0.1) is 5.92 Å². The average molecular weight is 322 g/mol. The maximum atomic E-state index is 12.8. The molecule has 0 spiro atoms. The van der Waals surface area contributed by atoms with Crippen molar-refractivity contribution in [3.63, 3.8) is 0 Å². The van der Waals surface area contributed by atoms with Gasteiger partial charge in [-0.15, -0.1) is 0 Å². The number of nitrogens with one attached hydrogen (secondary N) is 1. The van der Waals surface area contributed by atoms with Crippen molar-refractivity contribution in [1.29, 1.82) is 0 Å². The highest BCUT2D eigenvalue weighted by Gasteiger charge is 2.42. The number of benzene rings is 1. The zero-order valence-corrected chi connectivity index (χ0v) is 13.6. The predicted octanol–water partition coefficient (Wildman–Crippen LogP) is 3.43. The molecule has 4 heteroatoms. The molecular weight excluding hydrogens is 298 g/mol. The van der Waals surface area contributed by atoms with Gasteiger partial charge in [-0.25, -0.2) is 0 Å². The summed E-state index contributed by atoms with van der Waals surface area (Å²) in [6.07, 6.45) is 6.62. The van der Waals surface area contributed by atoms with Crippen molar-refractivity contribution in [1.82, 2.24) is 5.32 Å². The van der Waals surface area contributed by atoms with Gasteiger partial charge in [-0.05, 0) is 55.7 Å². The summed E-state index contributed by atoms with van der Waals surface area (Å²) in [6, 6.07) is 7.68. The van der Waals surface area contributed by atoms with Crippen LogP contribution in [0.2, 0.25) is 5.02 Å². The fourth-order valence-electron chi connectivity index (χ4n) is 3.61. The van der Waals surface area contributed by atoms with Crippen molar-refractivity contribution in [2.75, 3.05) is 6.54 Å². The zero-order chi connectivity index (χ0) is 15.6. The molecule has 1 unspecified atom stereocenters. The number of amides is 1. The Morgan fingerprint density at radius 2 is 1.91 bits per heavy atom. The van der Waals surface area contributed by atoms with Crippen LogP contribution in [0.1, 0.15) is 50.5 Å². The normalized spacial score (nSPS) is 21.5. The molecule has 1 amide bonds. The summed E-state index contributed by atoms with van der Waals surface area (Å²) in [6.45, 7) is 0.561. The van der Waals surface area contributed by atoms with Gasteiger partial charge in [0.25, 0.3) is 0 Å². The third kappa shape index (κ3) is 3.31. The Morgan fingerprint density at radius 1 is 1.27 bits per heavy atom. The second-order valence-corrected chi connectivity index (χ2v) is 7.18. The van der Waals surface area contributed by atoms with Crippen LogP contribution in [0.5, 0.6) is 0 Å². The summed E-state index contributed by atoms with van der Waals surface area (Å²) in [5, 5.41) is 13.7. The summed E-state index contributed by atoms with van der Waals surface area (Å²) in [4.78, 5) is 12.8. The van der Waals surface area contributed by atoms with Crippen molar-refractivity contribution in [2.45, 2.75) is 56.5 Å². The first-order valence-electron chi connectivity index (χ1n) is 8.34. The minimum Gasteiger partial charge on any atom is -0.393 e. The number of carbonyl (C=O) groups excluding carboxylic acids is 1. The highest BCUT2D eigenvalue weighted by molar-refractivity contribution is 6.30. The minimum absolute atomic E-state index is 0.107. The lowest BCUT2D eigenvalue weighted by atomic mass is 9.78. The second-order valence-electron chi connectivity index (χ2n) is 6.75. The van der Waals surface area contributed by atoms with Gasteiger partial charge < -0.3 is 10.4 Å². The highest BCUT2D eigenvalue weighted by Crippen LogP contribution is 2.41. The molecule has 2 aliphatic carbocycles. The van der Waals surface area contributed by atoms with Gasteiger partial charge in [0.1, 0.15) is 0 Å². The number of aliphatic hydroxyl groups is 1. The molecular formula is C18H24ClNO2. The number of hydrogen-bond acceptors (Lipinski definition) is 2. The molecule has 2 N–H and O–H groups in total. The van der Waals surface area contributed by atoms with Gasteiger partial charge >= 0.3 is 0 Å². The molecule has 0 radical (unpaired) electrons. The SMILES string of the molecule is O=C(NCCC(O)C1CC1)C1(c2ccc(Cl)cc2)CCCC1. The lowest BCUT2D eigenvalue weighted by Crippen LogP contribution is -2.43. The summed E-state index contributed by atoms with van der Waals surface area (Å²) in [7, 11) is 0. The van der Waals surface area contributed by atoms with E-state index in [0.29, 0.717) is 23.9 Å². The maximum absolute atomic E-state index is 12.8. The summed E-state index contributed by atoms with van der Waals surface area (Å²) in [5.74, 6) is 0.573. The van der Waals surface area contributed by atoms with E-state index in [2.05, 4.69) is 5.32 Å². The number of hydrogen-bond donors (Lipinski definition) is 2. The van der Waals surface area contributed by atoms with Crippen molar-refractivity contribution >= 4 is 17.5 Å². The molecule has 0 saturated heterocycles. The average Bonchev–Trinajstić information content (AvgIpc) is 3.25. The van der Waals surface area contributed by atoms with Gasteiger partial charge in [-0.3, -0.25) is 4.79 Å². The molecule has 2 fully saturated rings. The first kappa shape index (κ1) is 15.8. The molecule has 3 nitrogen and oxygen atoms in total. The molecule has 1 atom stereocenters. The molecule has 2 saturated carbocycles. The second kappa shape index (κ2) is 6.59. The van der Waals surface area contributed by atoms with Gasteiger partial charge in [-0.1, -0.05) is 36.6 Å². The Bertz CT molecular complexity index is 518. The Hall–Kier alpha value is -1.06. The summed E-state index contributed by atoms with van der Waals surface area (Å²) in [5.41, 5.74) is 0.657. The van der Waals surface area contributed by atoms with Gasteiger partial charge in [0.05, 0.1) is 11.5 Å². The first-order valence-corrected chi connectivity index (χ1v) is 8.72. The van der Waals surface area contributed by atoms with Gasteiger partial charge in [0.2, 0.25) is 5.91 Å². The van der Waals surface area contributed by atoms with Crippen LogP contribution in [-0.2, 0) is 10.2 Å². The summed E-state index contributed by atoms with van der Waals surface area (Å²) >= 11 is 5.97. The molecule has 22 heavy (non-hydrogen) atoms. The third-order valence-electron chi connectivity index (χ3n) is 5.18. The van der Waals surface area contributed by atoms with Gasteiger partial charge in [0, 0.05) is 11.6 Å². The van der Waals surface area contributed by atoms with Crippen LogP contribution in [0.4, 0.5) is 0 Å². The van der Waals surface area contributed by atoms with Crippen LogP contribution >= 0.6 is 11.6 Å². The minimum atomic E-state index is -0.408. The van der Waals surface area contributed by atoms with E-state index in [4.69, 9.17) is 11.6 Å². The van der Waals surface area contributed by atoms with E-state index in [1.807, 2.05) is 24.3 Å². The van der Waals surface area contributed by atoms with E-state index in [-0.39, 0.29) is 12.0 Å². The molecule has 0 heterocycles. The lowest BCUT2D eigenvalue weighted by Gasteiger charge is -2.28. The molecule has 0 aromatic heterocycles. The van der Waals surface area contributed by atoms with E-state index in [0.717, 1.165) is 44.1 Å². The Kier molecular flexibility index (Phi) is 4.74. The number of rotatable bonds is 6. The molecule has 0 bridgehead atoms. The van der Waals surface area contributed by atoms with Crippen LogP contribution in [0.15, 0.2) is 24.3 Å². The smallest absolute Gasteiger partial charge is 0.230 e. The van der Waals surface area contributed by atoms with Crippen molar-refractivity contribution in [3.05, 3.63) is 34.9 Å². The fraction of sp³-hybridized carbons (Fsp3) is 0.611. The Balaban J connectivity index is 1.64. The largest absolute Gasteiger partial charge is 0.393 e. The third-order valence-corrected chi connectivity index (χ3v) is 5.43. The standard InChI is InChI=1S/C18H24ClNO2/c19-15-7-5-14(6-8-15)18(10-1-2-11-18)17(22)20-12-9-16(21)13-3-4-13/h5-8,13,16,21H,1-4,9-12H2,(H,20,22). The molecule has 1 aromatic carbocycles. The van der Waals surface area contributed by atoms with Crippen molar-refractivity contribution < 1.29 is 9.90 Å². The van der Waals surface area contributed by atoms with Gasteiger partial charge in [-0.2, -0.15) is 0 Å². The molecule has 0 aliphatic heterocycles. The molecule has 1 aromatic rings. The van der Waals surface area contributed by atoms with E-state index in [1.54, 1.807) is 0 Å². The first-order chi connectivity index (χ1) is 10.6. The maximum Gasteiger partial charge on any atom is 0.230 e. The number of aliphatic hydroxyl groups excluding tert-OH is 1. The van der Waals surface area contributed by atoms with Crippen LogP contribution in [0.25, 0.3) is 0 Å². The van der Waals surface area contributed by atoms with E-state index in [1.165, 1.54) is 0 Å². The number of halogens is 1. The van der Waals surface area contributed by atoms with E-state index in [9.17, 15) is 9.90 Å². The van der Waals surface area contributed by atoms with Crippen LogP contribution in [0.3, 0.4) is 0 Å². The van der Waals surface area contributed by atoms with E-state index >= 15 is 0 Å². The van der Waals surface area contributed by atoms with Crippen molar-refractivity contribution in [3.8, 4) is 0 Å². The van der Waals surface area contributed by atoms with Crippen LogP contribution in [-0.4, -0.2) is 23.7 Å². The fourth-order valence-corrected chi connectivity index (χ4v) is 3.74. The molecule has 120 valence electrons. The highest BCUT2D eigenvalue weighted by atomic mass is 35.5. The number of carbonyl (C=O) groups is 1. The van der Waals surface area contributed by atoms with Crippen molar-refractivity contribution in [2.24, 2.45) is 5.92 Å². The Morgan fingerprint density at radius 3 is 2.50 bits per heavy atom. The Labute approximate surface area is 137 Å². The summed E-state index contributed by atoms with van der Waals surface area (Å²) < 4.78 is 0. The monoisotopic (exact) mass is 321 g/mol. The lowest BCUT2D eigenvalue weighted by molar-refractivity contribution is -0.126. The predicted molar refractivity (Wildman–Crippen MR) is 88.0 cm³/mol. The van der Waals surface area contributed by atoms with Crippen LogP contribution < -0.4 is 5.32 Å². The molecule has 2 aliphatic rings. The van der Waals surface area contributed by atoms with E-state index < -0.39 is 5.41 Å².